The molecular weight excluding hydrogens is 288 g/mol. The molecule has 9 aliphatic rings. The zero-order chi connectivity index (χ0) is 14.8. The van der Waals surface area contributed by atoms with Crippen LogP contribution < -0.4 is 0 Å². The minimum absolute atomic E-state index is 0.139. The van der Waals surface area contributed by atoms with Gasteiger partial charge in [-0.1, -0.05) is 0 Å². The highest BCUT2D eigenvalue weighted by Crippen LogP contribution is 2.89. The maximum Gasteiger partial charge on any atom is 0.129 e. The Labute approximate surface area is 136 Å². The van der Waals surface area contributed by atoms with Crippen molar-refractivity contribution in [3.63, 3.8) is 0 Å². The van der Waals surface area contributed by atoms with Gasteiger partial charge >= 0.3 is 0 Å². The molecule has 3 heteroatoms. The first-order valence-electron chi connectivity index (χ1n) is 10.1. The minimum Gasteiger partial charge on any atom is -0.393 e. The van der Waals surface area contributed by atoms with E-state index in [9.17, 15) is 9.90 Å². The number of ether oxygens (including phenoxy) is 1. The van der Waals surface area contributed by atoms with Crippen LogP contribution in [0.25, 0.3) is 0 Å². The van der Waals surface area contributed by atoms with Crippen LogP contribution in [0.4, 0.5) is 0 Å². The summed E-state index contributed by atoms with van der Waals surface area (Å²) in [6.45, 7) is 0. The molecule has 0 radical (unpaired) electrons. The van der Waals surface area contributed by atoms with Gasteiger partial charge in [-0.25, -0.2) is 0 Å². The molecule has 0 spiro atoms. The van der Waals surface area contributed by atoms with Crippen molar-refractivity contribution in [3.05, 3.63) is 0 Å². The summed E-state index contributed by atoms with van der Waals surface area (Å²) in [5.41, 5.74) is -0.202. The van der Waals surface area contributed by atoms with E-state index < -0.39 is 0 Å². The van der Waals surface area contributed by atoms with Crippen molar-refractivity contribution < 1.29 is 14.6 Å². The molecule has 122 valence electrons. The number of aliphatic hydroxyl groups is 1. The Morgan fingerprint density at radius 2 is 1.65 bits per heavy atom. The van der Waals surface area contributed by atoms with Gasteiger partial charge in [0, 0.05) is 0 Å². The maximum atomic E-state index is 12.7. The maximum absolute atomic E-state index is 12.7. The second-order valence-electron chi connectivity index (χ2n) is 10.4. The summed E-state index contributed by atoms with van der Waals surface area (Å²) in [5.74, 6) is 7.76. The molecule has 8 saturated carbocycles. The molecule has 8 aliphatic carbocycles. The highest BCUT2D eigenvalue weighted by Gasteiger charge is 2.90. The van der Waals surface area contributed by atoms with Gasteiger partial charge in [0.25, 0.3) is 0 Å². The molecule has 0 aromatic rings. The average molecular weight is 312 g/mol. The van der Waals surface area contributed by atoms with Crippen molar-refractivity contribution in [2.45, 2.75) is 44.0 Å². The quantitative estimate of drug-likeness (QED) is 0.750. The van der Waals surface area contributed by atoms with Crippen molar-refractivity contribution in [1.29, 1.82) is 0 Å². The normalized spacial score (nSPS) is 79.9. The molecule has 23 heavy (non-hydrogen) atoms. The Morgan fingerprint density at radius 3 is 2.52 bits per heavy atom. The molecule has 0 aromatic carbocycles. The third-order valence-corrected chi connectivity index (χ3v) is 10.8. The van der Waals surface area contributed by atoms with E-state index in [1.165, 1.54) is 25.5 Å². The average Bonchev–Trinajstić information content (AvgIpc) is 3.27. The zero-order valence-corrected chi connectivity index (χ0v) is 13.3. The molecule has 1 heterocycles. The van der Waals surface area contributed by atoms with Crippen molar-refractivity contribution in [1.82, 2.24) is 0 Å². The van der Waals surface area contributed by atoms with Crippen LogP contribution in [0, 0.1) is 70.5 Å². The third kappa shape index (κ3) is 0.852. The first kappa shape index (κ1) is 12.0. The number of hydrogen-bond donors (Lipinski definition) is 1. The topological polar surface area (TPSA) is 46.5 Å². The van der Waals surface area contributed by atoms with Gasteiger partial charge in [0.05, 0.1) is 23.7 Å². The standard InChI is InChI=1S/C20H24O3/c21-5-20-17-7-2-4-9-11(7)13-15(17)14-12(16(13)19(20)23-9)6-1-3-8(22)10(6)18(14)20/h5-19,22H,1-4H2/t6-,7+,8+,9+,10+,11+,12-,13-,14+,15-,16-,17+,18-,19+,20+/m1/s1. The highest BCUT2D eigenvalue weighted by molar-refractivity contribution is 5.67. The van der Waals surface area contributed by atoms with Crippen LogP contribution in [0.1, 0.15) is 25.7 Å². The van der Waals surface area contributed by atoms with Crippen LogP contribution in [0.15, 0.2) is 0 Å². The van der Waals surface area contributed by atoms with Gasteiger partial charge in [-0.15, -0.1) is 0 Å². The van der Waals surface area contributed by atoms with Crippen molar-refractivity contribution in [2.75, 3.05) is 0 Å². The van der Waals surface area contributed by atoms with Crippen molar-refractivity contribution in [3.8, 4) is 0 Å². The lowest BCUT2D eigenvalue weighted by atomic mass is 9.55. The van der Waals surface area contributed by atoms with Crippen LogP contribution in [-0.2, 0) is 9.53 Å². The summed E-state index contributed by atoms with van der Waals surface area (Å²) in [4.78, 5) is 12.7. The molecule has 9 rings (SSSR count). The fourth-order valence-corrected chi connectivity index (χ4v) is 11.3. The van der Waals surface area contributed by atoms with Crippen LogP contribution >= 0.6 is 0 Å². The van der Waals surface area contributed by atoms with Crippen molar-refractivity contribution >= 4 is 6.29 Å². The molecule has 1 saturated heterocycles. The number of rotatable bonds is 1. The summed E-state index contributed by atoms with van der Waals surface area (Å²) in [5, 5.41) is 10.7. The highest BCUT2D eigenvalue weighted by atomic mass is 16.5. The number of aldehydes is 1. The number of carbonyl (C=O) groups excluding carboxylic acids is 1. The van der Waals surface area contributed by atoms with E-state index >= 15 is 0 Å². The number of fused-ring (bicyclic) bond motifs is 1. The molecule has 15 atom stereocenters. The van der Waals surface area contributed by atoms with Gasteiger partial charge in [0.15, 0.2) is 0 Å². The third-order valence-electron chi connectivity index (χ3n) is 10.8. The lowest BCUT2D eigenvalue weighted by Crippen LogP contribution is -2.59. The van der Waals surface area contributed by atoms with E-state index in [0.29, 0.717) is 35.7 Å². The summed E-state index contributed by atoms with van der Waals surface area (Å²) >= 11 is 0. The molecule has 9 fully saturated rings. The van der Waals surface area contributed by atoms with Gasteiger partial charge in [-0.2, -0.15) is 0 Å². The van der Waals surface area contributed by atoms with E-state index in [2.05, 4.69) is 0 Å². The van der Waals surface area contributed by atoms with Gasteiger partial charge in [0.1, 0.15) is 6.29 Å². The molecule has 1 aliphatic heterocycles. The fourth-order valence-electron chi connectivity index (χ4n) is 11.3. The largest absolute Gasteiger partial charge is 0.393 e. The lowest BCUT2D eigenvalue weighted by molar-refractivity contribution is -0.206. The molecule has 9 bridgehead atoms. The smallest absolute Gasteiger partial charge is 0.129 e. The SMILES string of the molecule is O=C[C@@]12[C@H]3[C@H]4[C@@H]([C@@H]5CC[C@H](O)[C@H]53)[C@@H]3[C@H]5[C@H]4[C@@H]1[C@H]1CC[C@H](O[C@@H]32)[C@H]15. The predicted molar refractivity (Wildman–Crippen MR) is 80.0 cm³/mol. The number of aliphatic hydroxyl groups excluding tert-OH is 1. The van der Waals surface area contributed by atoms with Crippen LogP contribution in [-0.4, -0.2) is 29.7 Å². The van der Waals surface area contributed by atoms with Crippen LogP contribution in [0.3, 0.4) is 0 Å². The van der Waals surface area contributed by atoms with E-state index in [-0.39, 0.29) is 17.6 Å². The van der Waals surface area contributed by atoms with Crippen molar-refractivity contribution in [2.24, 2.45) is 70.5 Å². The summed E-state index contributed by atoms with van der Waals surface area (Å²) in [6, 6.07) is 0. The molecule has 1 N–H and O–H groups in total. The summed E-state index contributed by atoms with van der Waals surface area (Å²) in [7, 11) is 0. The minimum atomic E-state index is -0.202. The Hall–Kier alpha value is -0.410. The number of hydrogen-bond acceptors (Lipinski definition) is 3. The number of carbonyl (C=O) groups is 1. The molecule has 0 aromatic heterocycles. The molecule has 0 amide bonds. The van der Waals surface area contributed by atoms with Gasteiger partial charge in [0.2, 0.25) is 0 Å². The van der Waals surface area contributed by atoms with E-state index in [1.54, 1.807) is 0 Å². The Balaban J connectivity index is 1.45. The molecule has 3 nitrogen and oxygen atoms in total. The monoisotopic (exact) mass is 312 g/mol. The molecule has 0 unspecified atom stereocenters. The second-order valence-corrected chi connectivity index (χ2v) is 10.4. The summed E-state index contributed by atoms with van der Waals surface area (Å²) < 4.78 is 6.75. The van der Waals surface area contributed by atoms with Crippen LogP contribution in [0.2, 0.25) is 0 Å². The van der Waals surface area contributed by atoms with E-state index in [4.69, 9.17) is 4.74 Å². The Kier molecular flexibility index (Phi) is 1.67. The van der Waals surface area contributed by atoms with E-state index in [1.807, 2.05) is 0 Å². The zero-order valence-electron chi connectivity index (χ0n) is 13.3. The second kappa shape index (κ2) is 3.19. The predicted octanol–water partition coefficient (Wildman–Crippen LogP) is 1.73. The van der Waals surface area contributed by atoms with Gasteiger partial charge in [-0.3, -0.25) is 0 Å². The Morgan fingerprint density at radius 1 is 0.826 bits per heavy atom. The summed E-state index contributed by atoms with van der Waals surface area (Å²) in [6.07, 6.45) is 6.70. The lowest BCUT2D eigenvalue weighted by Gasteiger charge is -2.54. The first-order chi connectivity index (χ1) is 11.3. The Bertz CT molecular complexity index is 661. The van der Waals surface area contributed by atoms with Gasteiger partial charge < -0.3 is 14.6 Å². The fraction of sp³-hybridized carbons (Fsp3) is 0.950. The first-order valence-corrected chi connectivity index (χ1v) is 10.1. The molecular formula is C20H24O3. The van der Waals surface area contributed by atoms with Gasteiger partial charge in [-0.05, 0) is 90.8 Å². The van der Waals surface area contributed by atoms with Crippen LogP contribution in [0.5, 0.6) is 0 Å². The van der Waals surface area contributed by atoms with E-state index in [0.717, 1.165) is 41.9 Å².